The van der Waals surface area contributed by atoms with Crippen LogP contribution in [0.3, 0.4) is 0 Å². The molecule has 1 rings (SSSR count). The summed E-state index contributed by atoms with van der Waals surface area (Å²) in [6.07, 6.45) is 6.59. The van der Waals surface area contributed by atoms with E-state index < -0.39 is 0 Å². The summed E-state index contributed by atoms with van der Waals surface area (Å²) in [6, 6.07) is 0.725. The van der Waals surface area contributed by atoms with Crippen LogP contribution in [0, 0.1) is 0 Å². The first-order chi connectivity index (χ1) is 7.72. The molecule has 1 saturated heterocycles. The molecule has 2 nitrogen and oxygen atoms in total. The lowest BCUT2D eigenvalue weighted by atomic mass is 9.85. The van der Waals surface area contributed by atoms with Gasteiger partial charge in [0.05, 0.1) is 0 Å². The van der Waals surface area contributed by atoms with Gasteiger partial charge in [0.1, 0.15) is 0 Å². The third-order valence-electron chi connectivity index (χ3n) is 4.56. The molecule has 16 heavy (non-hydrogen) atoms. The van der Waals surface area contributed by atoms with E-state index in [9.17, 15) is 0 Å². The Morgan fingerprint density at radius 1 is 1.12 bits per heavy atom. The van der Waals surface area contributed by atoms with Crippen molar-refractivity contribution in [2.45, 2.75) is 71.4 Å². The summed E-state index contributed by atoms with van der Waals surface area (Å²) in [5.41, 5.74) is 0.466. The van der Waals surface area contributed by atoms with Crippen LogP contribution in [-0.4, -0.2) is 36.1 Å². The summed E-state index contributed by atoms with van der Waals surface area (Å²) in [6.45, 7) is 12.9. The second kappa shape index (κ2) is 6.61. The van der Waals surface area contributed by atoms with Crippen molar-refractivity contribution >= 4 is 0 Å². The third kappa shape index (κ3) is 2.98. The van der Waals surface area contributed by atoms with Crippen molar-refractivity contribution in [3.8, 4) is 0 Å². The number of likely N-dealkylation sites (tertiary alicyclic amines) is 1. The van der Waals surface area contributed by atoms with Crippen LogP contribution in [0.2, 0.25) is 0 Å². The van der Waals surface area contributed by atoms with E-state index in [0.717, 1.165) is 12.6 Å². The molecule has 1 aliphatic heterocycles. The third-order valence-corrected chi connectivity index (χ3v) is 4.56. The molecule has 1 fully saturated rings. The molecule has 1 atom stereocenters. The minimum absolute atomic E-state index is 0.466. The van der Waals surface area contributed by atoms with Gasteiger partial charge in [-0.1, -0.05) is 27.7 Å². The summed E-state index contributed by atoms with van der Waals surface area (Å²) in [4.78, 5) is 2.75. The number of nitrogens with one attached hydrogen (secondary N) is 1. The Morgan fingerprint density at radius 2 is 1.75 bits per heavy atom. The minimum atomic E-state index is 0.466. The molecule has 0 aromatic heterocycles. The van der Waals surface area contributed by atoms with Crippen molar-refractivity contribution in [3.63, 3.8) is 0 Å². The lowest BCUT2D eigenvalue weighted by Gasteiger charge is -2.47. The van der Waals surface area contributed by atoms with Crippen LogP contribution >= 0.6 is 0 Å². The lowest BCUT2D eigenvalue weighted by Crippen LogP contribution is -2.55. The summed E-state index contributed by atoms with van der Waals surface area (Å²) in [5.74, 6) is 0. The molecule has 1 heterocycles. The fourth-order valence-electron chi connectivity index (χ4n) is 3.28. The average molecular weight is 226 g/mol. The highest BCUT2D eigenvalue weighted by Gasteiger charge is 2.34. The van der Waals surface area contributed by atoms with Crippen LogP contribution < -0.4 is 5.32 Å². The molecule has 1 N–H and O–H groups in total. The molecule has 0 aromatic rings. The Balaban J connectivity index is 2.63. The van der Waals surface area contributed by atoms with Gasteiger partial charge in [0.2, 0.25) is 0 Å². The molecule has 0 saturated carbocycles. The lowest BCUT2D eigenvalue weighted by molar-refractivity contribution is 0.0414. The molecule has 1 unspecified atom stereocenters. The number of piperidine rings is 1. The standard InChI is InChI=1S/C14H30N2/c1-5-14(6-2,7-3)16-11-9-10-13(12-16)15-8-4/h13,15H,5-12H2,1-4H3. The molecule has 96 valence electrons. The van der Waals surface area contributed by atoms with E-state index in [0.29, 0.717) is 5.54 Å². The minimum Gasteiger partial charge on any atom is -0.313 e. The van der Waals surface area contributed by atoms with Crippen molar-refractivity contribution in [2.24, 2.45) is 0 Å². The molecule has 0 spiro atoms. The van der Waals surface area contributed by atoms with Crippen LogP contribution in [0.4, 0.5) is 0 Å². The SMILES string of the molecule is CCNC1CCCN(C(CC)(CC)CC)C1. The number of hydrogen-bond acceptors (Lipinski definition) is 2. The van der Waals surface area contributed by atoms with E-state index in [1.165, 1.54) is 45.2 Å². The molecule has 0 bridgehead atoms. The highest BCUT2D eigenvalue weighted by molar-refractivity contribution is 4.91. The fourth-order valence-corrected chi connectivity index (χ4v) is 3.28. The normalized spacial score (nSPS) is 23.6. The van der Waals surface area contributed by atoms with Crippen LogP contribution in [0.5, 0.6) is 0 Å². The van der Waals surface area contributed by atoms with Gasteiger partial charge in [-0.3, -0.25) is 4.90 Å². The zero-order chi connectivity index (χ0) is 12.0. The van der Waals surface area contributed by atoms with E-state index >= 15 is 0 Å². The predicted molar refractivity (Wildman–Crippen MR) is 71.9 cm³/mol. The van der Waals surface area contributed by atoms with Gasteiger partial charge in [-0.05, 0) is 45.2 Å². The smallest absolute Gasteiger partial charge is 0.0202 e. The Hall–Kier alpha value is -0.0800. The van der Waals surface area contributed by atoms with Gasteiger partial charge in [0.15, 0.2) is 0 Å². The van der Waals surface area contributed by atoms with E-state index in [-0.39, 0.29) is 0 Å². The van der Waals surface area contributed by atoms with Crippen molar-refractivity contribution in [1.82, 2.24) is 10.2 Å². The summed E-state index contributed by atoms with van der Waals surface area (Å²) < 4.78 is 0. The molecule has 0 aromatic carbocycles. The first-order valence-electron chi connectivity index (χ1n) is 7.20. The Kier molecular flexibility index (Phi) is 5.77. The average Bonchev–Trinajstić information content (AvgIpc) is 2.33. The Morgan fingerprint density at radius 3 is 2.25 bits per heavy atom. The van der Waals surface area contributed by atoms with Gasteiger partial charge >= 0.3 is 0 Å². The quantitative estimate of drug-likeness (QED) is 0.749. The van der Waals surface area contributed by atoms with Gasteiger partial charge in [-0.2, -0.15) is 0 Å². The zero-order valence-corrected chi connectivity index (χ0v) is 11.7. The molecular formula is C14H30N2. The first kappa shape index (κ1) is 14.0. The van der Waals surface area contributed by atoms with Gasteiger partial charge in [-0.25, -0.2) is 0 Å². The number of hydrogen-bond donors (Lipinski definition) is 1. The molecule has 0 amide bonds. The van der Waals surface area contributed by atoms with E-state index in [1.54, 1.807) is 0 Å². The maximum absolute atomic E-state index is 3.62. The van der Waals surface area contributed by atoms with Gasteiger partial charge in [-0.15, -0.1) is 0 Å². The maximum atomic E-state index is 3.62. The molecule has 0 aliphatic carbocycles. The van der Waals surface area contributed by atoms with Crippen LogP contribution in [0.25, 0.3) is 0 Å². The zero-order valence-electron chi connectivity index (χ0n) is 11.7. The summed E-state index contributed by atoms with van der Waals surface area (Å²) >= 11 is 0. The molecule has 2 heteroatoms. The summed E-state index contributed by atoms with van der Waals surface area (Å²) in [7, 11) is 0. The summed E-state index contributed by atoms with van der Waals surface area (Å²) in [5, 5.41) is 3.62. The highest BCUT2D eigenvalue weighted by atomic mass is 15.2. The molecule has 0 radical (unpaired) electrons. The topological polar surface area (TPSA) is 15.3 Å². The van der Waals surface area contributed by atoms with Crippen molar-refractivity contribution in [2.75, 3.05) is 19.6 Å². The van der Waals surface area contributed by atoms with E-state index in [2.05, 4.69) is 37.9 Å². The van der Waals surface area contributed by atoms with Crippen LogP contribution in [0.1, 0.15) is 59.8 Å². The van der Waals surface area contributed by atoms with E-state index in [4.69, 9.17) is 0 Å². The van der Waals surface area contributed by atoms with Crippen molar-refractivity contribution in [1.29, 1.82) is 0 Å². The highest BCUT2D eigenvalue weighted by Crippen LogP contribution is 2.30. The Bertz CT molecular complexity index is 177. The monoisotopic (exact) mass is 226 g/mol. The molecular weight excluding hydrogens is 196 g/mol. The Labute approximate surface area is 102 Å². The molecule has 1 aliphatic rings. The van der Waals surface area contributed by atoms with Gasteiger partial charge in [0.25, 0.3) is 0 Å². The van der Waals surface area contributed by atoms with Crippen molar-refractivity contribution < 1.29 is 0 Å². The second-order valence-electron chi connectivity index (χ2n) is 5.13. The number of rotatable bonds is 6. The van der Waals surface area contributed by atoms with E-state index in [1.807, 2.05) is 0 Å². The van der Waals surface area contributed by atoms with Crippen LogP contribution in [0.15, 0.2) is 0 Å². The largest absolute Gasteiger partial charge is 0.313 e. The number of likely N-dealkylation sites (N-methyl/N-ethyl adjacent to an activating group) is 1. The first-order valence-corrected chi connectivity index (χ1v) is 7.20. The predicted octanol–water partition coefficient (Wildman–Crippen LogP) is 3.03. The maximum Gasteiger partial charge on any atom is 0.0202 e. The van der Waals surface area contributed by atoms with Gasteiger partial charge < -0.3 is 5.32 Å². The van der Waals surface area contributed by atoms with Gasteiger partial charge in [0, 0.05) is 18.1 Å². The second-order valence-corrected chi connectivity index (χ2v) is 5.13. The fraction of sp³-hybridized carbons (Fsp3) is 1.00. The van der Waals surface area contributed by atoms with Crippen LogP contribution in [-0.2, 0) is 0 Å². The number of nitrogens with zero attached hydrogens (tertiary/aromatic N) is 1. The van der Waals surface area contributed by atoms with Crippen molar-refractivity contribution in [3.05, 3.63) is 0 Å².